The summed E-state index contributed by atoms with van der Waals surface area (Å²) in [6.45, 7) is 3.01. The van der Waals surface area contributed by atoms with Gasteiger partial charge in [-0.1, -0.05) is 0 Å². The van der Waals surface area contributed by atoms with Gasteiger partial charge in [-0.3, -0.25) is 15.1 Å². The number of pyridine rings is 2. The number of imidazole rings is 1. The number of rotatable bonds is 8. The number of aromatic nitrogens is 8. The molecule has 0 radical (unpaired) electrons. The maximum absolute atomic E-state index is 14.6. The van der Waals surface area contributed by atoms with Crippen LogP contribution in [-0.4, -0.2) is 91.3 Å². The largest absolute Gasteiger partial charge is 0.384 e. The minimum atomic E-state index is -0.353. The quantitative estimate of drug-likeness (QED) is 0.217. The van der Waals surface area contributed by atoms with E-state index < -0.39 is 0 Å². The van der Waals surface area contributed by atoms with Gasteiger partial charge in [0.05, 0.1) is 34.8 Å². The molecule has 13 heteroatoms. The van der Waals surface area contributed by atoms with Crippen LogP contribution in [0.4, 0.5) is 15.9 Å². The van der Waals surface area contributed by atoms with E-state index in [1.807, 2.05) is 38.4 Å². The molecule has 212 valence electrons. The lowest BCUT2D eigenvalue weighted by Gasteiger charge is -2.37. The first kappa shape index (κ1) is 25.9. The summed E-state index contributed by atoms with van der Waals surface area (Å²) in [6, 6.07) is 10.6. The average molecular weight is 565 g/mol. The maximum Gasteiger partial charge on any atom is 0.161 e. The predicted molar refractivity (Wildman–Crippen MR) is 160 cm³/mol. The van der Waals surface area contributed by atoms with Crippen molar-refractivity contribution in [1.82, 2.24) is 45.0 Å². The predicted octanol–water partition coefficient (Wildman–Crippen LogP) is 3.28. The van der Waals surface area contributed by atoms with Crippen molar-refractivity contribution in [2.24, 2.45) is 5.73 Å². The topological polar surface area (TPSA) is 153 Å². The maximum atomic E-state index is 14.6. The number of likely N-dealkylation sites (N-methyl/N-ethyl adjacent to an activating group) is 1. The van der Waals surface area contributed by atoms with Gasteiger partial charge in [-0.05, 0) is 50.5 Å². The lowest BCUT2D eigenvalue weighted by molar-refractivity contribution is 0.425. The summed E-state index contributed by atoms with van der Waals surface area (Å²) >= 11 is 0. The average Bonchev–Trinajstić information content (AvgIpc) is 3.59. The Hall–Kier alpha value is -5.01. The van der Waals surface area contributed by atoms with E-state index >= 15 is 0 Å². The third-order valence-corrected chi connectivity index (χ3v) is 7.21. The third kappa shape index (κ3) is 4.88. The van der Waals surface area contributed by atoms with E-state index in [2.05, 4.69) is 40.3 Å². The zero-order valence-electron chi connectivity index (χ0n) is 23.1. The molecule has 1 aliphatic heterocycles. The van der Waals surface area contributed by atoms with Crippen LogP contribution in [0.3, 0.4) is 0 Å². The number of benzene rings is 1. The van der Waals surface area contributed by atoms with E-state index in [-0.39, 0.29) is 11.9 Å². The van der Waals surface area contributed by atoms with Crippen molar-refractivity contribution >= 4 is 33.6 Å². The number of H-pyrrole nitrogens is 2. The van der Waals surface area contributed by atoms with E-state index in [0.29, 0.717) is 57.4 Å². The summed E-state index contributed by atoms with van der Waals surface area (Å²) in [5, 5.41) is 10.8. The van der Waals surface area contributed by atoms with Crippen LogP contribution in [0.5, 0.6) is 0 Å². The first-order valence-electron chi connectivity index (χ1n) is 13.6. The second kappa shape index (κ2) is 10.4. The third-order valence-electron chi connectivity index (χ3n) is 7.21. The number of nitrogens with zero attached hydrogens (tertiary/aromatic N) is 8. The van der Waals surface area contributed by atoms with Crippen molar-refractivity contribution in [2.75, 3.05) is 50.5 Å². The molecule has 6 heterocycles. The van der Waals surface area contributed by atoms with Gasteiger partial charge in [0.1, 0.15) is 28.4 Å². The minimum Gasteiger partial charge on any atom is -0.384 e. The van der Waals surface area contributed by atoms with Crippen LogP contribution in [0.2, 0.25) is 0 Å². The number of halogens is 1. The highest BCUT2D eigenvalue weighted by Gasteiger charge is 2.25. The highest BCUT2D eigenvalue weighted by atomic mass is 19.1. The van der Waals surface area contributed by atoms with Gasteiger partial charge >= 0.3 is 0 Å². The molecule has 1 aromatic carbocycles. The normalized spacial score (nSPS) is 13.8. The van der Waals surface area contributed by atoms with Crippen LogP contribution in [-0.2, 0) is 0 Å². The van der Waals surface area contributed by atoms with Crippen LogP contribution in [0.25, 0.3) is 56.2 Å². The van der Waals surface area contributed by atoms with Gasteiger partial charge in [0.2, 0.25) is 0 Å². The number of fused-ring (bicyclic) bond motifs is 2. The Balaban J connectivity index is 1.24. The lowest BCUT2D eigenvalue weighted by Crippen LogP contribution is -2.56. The Bertz CT molecular complexity index is 1910. The summed E-state index contributed by atoms with van der Waals surface area (Å²) in [5.74, 6) is 0.938. The molecule has 6 aromatic rings. The van der Waals surface area contributed by atoms with Crippen molar-refractivity contribution in [3.05, 3.63) is 60.8 Å². The van der Waals surface area contributed by atoms with Gasteiger partial charge in [-0.15, -0.1) is 0 Å². The van der Waals surface area contributed by atoms with Crippen molar-refractivity contribution in [3.8, 4) is 34.2 Å². The molecule has 5 N–H and O–H groups in total. The Morgan fingerprint density at radius 2 is 1.86 bits per heavy atom. The molecule has 1 saturated heterocycles. The van der Waals surface area contributed by atoms with Gasteiger partial charge in [-0.2, -0.15) is 5.10 Å². The van der Waals surface area contributed by atoms with Crippen LogP contribution >= 0.6 is 0 Å². The zero-order chi connectivity index (χ0) is 28.8. The molecular weight excluding hydrogens is 535 g/mol. The summed E-state index contributed by atoms with van der Waals surface area (Å²) in [7, 11) is 3.99. The number of aromatic amines is 2. The number of hydrogen-bond donors (Lipinski definition) is 4. The first-order valence-corrected chi connectivity index (χ1v) is 13.6. The Labute approximate surface area is 240 Å². The van der Waals surface area contributed by atoms with E-state index in [1.165, 1.54) is 12.1 Å². The standard InChI is InChI=1S/C29H29FN12/c1-41(2)8-7-33-19-10-16(9-17(30)11-19)25-26-21(5-6-34-25)37-29(38-26)28-27-22(39-40-28)4-3-20(36-27)23-12-32-13-24(35-23)42-14-18(31)15-42/h3-6,9-13,18,33H,7-8,14-15,31H2,1-2H3,(H,37,38)(H,39,40). The van der Waals surface area contributed by atoms with Gasteiger partial charge in [0, 0.05) is 49.7 Å². The van der Waals surface area contributed by atoms with Gasteiger partial charge in [-0.25, -0.2) is 19.3 Å². The molecule has 0 unspecified atom stereocenters. The van der Waals surface area contributed by atoms with E-state index in [4.69, 9.17) is 20.7 Å². The fraction of sp³-hybridized carbons (Fsp3) is 0.241. The molecule has 5 aromatic heterocycles. The van der Waals surface area contributed by atoms with E-state index in [0.717, 1.165) is 36.5 Å². The van der Waals surface area contributed by atoms with Gasteiger partial charge in [0.25, 0.3) is 0 Å². The lowest BCUT2D eigenvalue weighted by atomic mass is 10.1. The number of nitrogens with one attached hydrogen (secondary N) is 3. The molecule has 0 saturated carbocycles. The highest BCUT2D eigenvalue weighted by molar-refractivity contribution is 5.95. The van der Waals surface area contributed by atoms with Gasteiger partial charge < -0.3 is 25.8 Å². The van der Waals surface area contributed by atoms with Crippen LogP contribution in [0.15, 0.2) is 55.0 Å². The smallest absolute Gasteiger partial charge is 0.161 e. The summed E-state index contributed by atoms with van der Waals surface area (Å²) in [4.78, 5) is 30.9. The Kier molecular flexibility index (Phi) is 6.44. The molecule has 0 aliphatic carbocycles. The van der Waals surface area contributed by atoms with Crippen molar-refractivity contribution in [3.63, 3.8) is 0 Å². The van der Waals surface area contributed by atoms with E-state index in [9.17, 15) is 4.39 Å². The Morgan fingerprint density at radius 1 is 1.00 bits per heavy atom. The molecule has 42 heavy (non-hydrogen) atoms. The highest BCUT2D eigenvalue weighted by Crippen LogP contribution is 2.32. The monoisotopic (exact) mass is 564 g/mol. The molecule has 1 fully saturated rings. The number of hydrogen-bond acceptors (Lipinski definition) is 10. The van der Waals surface area contributed by atoms with Crippen LogP contribution in [0, 0.1) is 5.82 Å². The van der Waals surface area contributed by atoms with Gasteiger partial charge in [0.15, 0.2) is 11.5 Å². The summed E-state index contributed by atoms with van der Waals surface area (Å²) < 4.78 is 14.6. The SMILES string of the molecule is CN(C)CCNc1cc(F)cc(-c2nccc3[nH]c(-c4n[nH]c5ccc(-c6cncc(N7CC(N)C7)n6)nc45)nc23)c1. The summed E-state index contributed by atoms with van der Waals surface area (Å²) in [5.41, 5.74) is 12.4. The molecule has 0 spiro atoms. The molecule has 1 aliphatic rings. The number of nitrogens with two attached hydrogens (primary N) is 1. The second-order valence-electron chi connectivity index (χ2n) is 10.7. The molecule has 0 bridgehead atoms. The molecular formula is C29H29FN12. The molecule has 7 rings (SSSR count). The second-order valence-corrected chi connectivity index (χ2v) is 10.7. The number of anilines is 2. The first-order chi connectivity index (χ1) is 20.4. The van der Waals surface area contributed by atoms with Crippen molar-refractivity contribution in [1.29, 1.82) is 0 Å². The Morgan fingerprint density at radius 3 is 2.69 bits per heavy atom. The minimum absolute atomic E-state index is 0.158. The van der Waals surface area contributed by atoms with E-state index in [1.54, 1.807) is 18.6 Å². The fourth-order valence-electron chi connectivity index (χ4n) is 5.05. The van der Waals surface area contributed by atoms with Crippen molar-refractivity contribution < 1.29 is 4.39 Å². The fourth-order valence-corrected chi connectivity index (χ4v) is 5.05. The molecule has 0 atom stereocenters. The van der Waals surface area contributed by atoms with Crippen LogP contribution in [0.1, 0.15) is 0 Å². The summed E-state index contributed by atoms with van der Waals surface area (Å²) in [6.07, 6.45) is 5.11. The molecule has 12 nitrogen and oxygen atoms in total. The van der Waals surface area contributed by atoms with Crippen molar-refractivity contribution in [2.45, 2.75) is 6.04 Å². The van der Waals surface area contributed by atoms with Crippen LogP contribution < -0.4 is 16.0 Å². The molecule has 0 amide bonds. The zero-order valence-corrected chi connectivity index (χ0v) is 23.1.